The highest BCUT2D eigenvalue weighted by Gasteiger charge is 2.22. The van der Waals surface area contributed by atoms with Crippen LogP contribution >= 0.6 is 11.6 Å². The Kier molecular flexibility index (Phi) is 6.98. The van der Waals surface area contributed by atoms with Crippen molar-refractivity contribution in [1.29, 1.82) is 0 Å². The van der Waals surface area contributed by atoms with E-state index in [0.29, 0.717) is 37.8 Å². The largest absolute Gasteiger partial charge is 0.339 e. The van der Waals surface area contributed by atoms with Crippen LogP contribution in [0.2, 0.25) is 5.02 Å². The van der Waals surface area contributed by atoms with E-state index < -0.39 is 10.8 Å². The van der Waals surface area contributed by atoms with Gasteiger partial charge in [-0.2, -0.15) is 0 Å². The molecule has 11 heteroatoms. The van der Waals surface area contributed by atoms with Crippen molar-refractivity contribution in [2.75, 3.05) is 36.4 Å². The number of non-ortho nitro benzene ring substituents is 1. The van der Waals surface area contributed by atoms with E-state index in [0.717, 1.165) is 11.6 Å². The first-order valence-corrected chi connectivity index (χ1v) is 10.9. The first kappa shape index (κ1) is 23.1. The van der Waals surface area contributed by atoms with E-state index in [1.807, 2.05) is 4.90 Å². The summed E-state index contributed by atoms with van der Waals surface area (Å²) in [5, 5.41) is 13.5. The van der Waals surface area contributed by atoms with Crippen molar-refractivity contribution in [3.05, 3.63) is 87.2 Å². The predicted octanol–water partition coefficient (Wildman–Crippen LogP) is 3.18. The first-order chi connectivity index (χ1) is 16.4. The summed E-state index contributed by atoms with van der Waals surface area (Å²) in [6, 6.07) is 12.4. The number of nitrogens with one attached hydrogen (secondary N) is 1. The van der Waals surface area contributed by atoms with Crippen LogP contribution in [0.25, 0.3) is 0 Å². The first-order valence-electron chi connectivity index (χ1n) is 10.5. The molecule has 0 aliphatic carbocycles. The summed E-state index contributed by atoms with van der Waals surface area (Å²) in [7, 11) is 0. The zero-order chi connectivity index (χ0) is 24.1. The smallest absolute Gasteiger partial charge is 0.270 e. The number of benzene rings is 2. The number of halogens is 1. The summed E-state index contributed by atoms with van der Waals surface area (Å²) in [5.74, 6) is 0.217. The Morgan fingerprint density at radius 1 is 1.03 bits per heavy atom. The molecule has 0 radical (unpaired) electrons. The molecule has 0 unspecified atom stereocenters. The molecule has 1 fully saturated rings. The minimum absolute atomic E-state index is 0.00663. The fourth-order valence-electron chi connectivity index (χ4n) is 3.60. The van der Waals surface area contributed by atoms with Crippen LogP contribution in [0.3, 0.4) is 0 Å². The third-order valence-corrected chi connectivity index (χ3v) is 5.76. The van der Waals surface area contributed by atoms with Gasteiger partial charge in [0.05, 0.1) is 21.9 Å². The van der Waals surface area contributed by atoms with Crippen LogP contribution in [-0.4, -0.2) is 57.8 Å². The summed E-state index contributed by atoms with van der Waals surface area (Å²) < 4.78 is 0. The molecule has 34 heavy (non-hydrogen) atoms. The van der Waals surface area contributed by atoms with Crippen molar-refractivity contribution in [1.82, 2.24) is 14.9 Å². The van der Waals surface area contributed by atoms with Crippen LogP contribution in [0.4, 0.5) is 17.3 Å². The van der Waals surface area contributed by atoms with Crippen molar-refractivity contribution in [2.45, 2.75) is 6.42 Å². The Labute approximate surface area is 200 Å². The molecule has 1 aliphatic rings. The van der Waals surface area contributed by atoms with Crippen LogP contribution in [-0.2, 0) is 11.2 Å². The van der Waals surface area contributed by atoms with Gasteiger partial charge in [-0.1, -0.05) is 23.7 Å². The highest BCUT2D eigenvalue weighted by molar-refractivity contribution is 6.34. The molecule has 1 aliphatic heterocycles. The highest BCUT2D eigenvalue weighted by atomic mass is 35.5. The molecule has 0 atom stereocenters. The zero-order valence-corrected chi connectivity index (χ0v) is 18.8. The van der Waals surface area contributed by atoms with Gasteiger partial charge in [-0.05, 0) is 29.8 Å². The predicted molar refractivity (Wildman–Crippen MR) is 127 cm³/mol. The van der Waals surface area contributed by atoms with Crippen molar-refractivity contribution in [3.8, 4) is 0 Å². The fraction of sp³-hybridized carbons (Fsp3) is 0.217. The number of aromatic nitrogens is 2. The number of amides is 2. The van der Waals surface area contributed by atoms with E-state index in [-0.39, 0.29) is 28.6 Å². The molecule has 2 amide bonds. The molecule has 174 valence electrons. The molecule has 10 nitrogen and oxygen atoms in total. The van der Waals surface area contributed by atoms with Gasteiger partial charge in [0.1, 0.15) is 0 Å². The van der Waals surface area contributed by atoms with Crippen molar-refractivity contribution < 1.29 is 14.5 Å². The normalized spacial score (nSPS) is 13.4. The minimum atomic E-state index is -0.578. The van der Waals surface area contributed by atoms with Gasteiger partial charge in [-0.15, -0.1) is 0 Å². The lowest BCUT2D eigenvalue weighted by atomic mass is 10.1. The van der Waals surface area contributed by atoms with Gasteiger partial charge in [0.25, 0.3) is 11.6 Å². The van der Waals surface area contributed by atoms with Gasteiger partial charge in [0, 0.05) is 56.4 Å². The van der Waals surface area contributed by atoms with Gasteiger partial charge in [-0.25, -0.2) is 9.97 Å². The lowest BCUT2D eigenvalue weighted by Gasteiger charge is -2.34. The molecule has 0 spiro atoms. The van der Waals surface area contributed by atoms with Gasteiger partial charge in [-0.3, -0.25) is 19.7 Å². The number of rotatable bonds is 6. The monoisotopic (exact) mass is 480 g/mol. The van der Waals surface area contributed by atoms with Gasteiger partial charge < -0.3 is 15.1 Å². The van der Waals surface area contributed by atoms with Crippen LogP contribution in [0, 0.1) is 10.1 Å². The average molecular weight is 481 g/mol. The summed E-state index contributed by atoms with van der Waals surface area (Å²) in [4.78, 5) is 47.8. The number of carbonyl (C=O) groups excluding carboxylic acids is 2. The van der Waals surface area contributed by atoms with E-state index in [1.165, 1.54) is 12.1 Å². The minimum Gasteiger partial charge on any atom is -0.339 e. The lowest BCUT2D eigenvalue weighted by Crippen LogP contribution is -2.49. The Bertz CT molecular complexity index is 1200. The number of hydrogen-bond acceptors (Lipinski definition) is 7. The maximum absolute atomic E-state index is 12.7. The second kappa shape index (κ2) is 10.3. The maximum atomic E-state index is 12.7. The molecule has 3 aromatic rings. The molecule has 2 heterocycles. The SMILES string of the molecule is O=C(Nc1ccc(CC(=O)N2CCN(c3ncccn3)CC2)cc1)c1ccc([N+](=O)[O-])cc1Cl. The summed E-state index contributed by atoms with van der Waals surface area (Å²) in [6.45, 7) is 2.54. The number of nitro benzene ring substituents is 1. The Morgan fingerprint density at radius 2 is 1.71 bits per heavy atom. The molecular weight excluding hydrogens is 460 g/mol. The van der Waals surface area contributed by atoms with E-state index in [9.17, 15) is 19.7 Å². The summed E-state index contributed by atoms with van der Waals surface area (Å²) in [5.41, 5.74) is 1.29. The molecule has 2 aromatic carbocycles. The third kappa shape index (κ3) is 5.46. The Balaban J connectivity index is 1.30. The number of carbonyl (C=O) groups is 2. The molecule has 0 saturated carbocycles. The quantitative estimate of drug-likeness (QED) is 0.424. The highest BCUT2D eigenvalue weighted by Crippen LogP contribution is 2.23. The summed E-state index contributed by atoms with van der Waals surface area (Å²) in [6.07, 6.45) is 3.66. The van der Waals surface area contributed by atoms with Crippen LogP contribution in [0.15, 0.2) is 60.9 Å². The number of nitrogens with zero attached hydrogens (tertiary/aromatic N) is 5. The number of piperazine rings is 1. The standard InChI is InChI=1S/C23H21ClN6O4/c24-20-15-18(30(33)34)6-7-19(20)22(32)27-17-4-2-16(3-5-17)14-21(31)28-10-12-29(13-11-28)23-25-8-1-9-26-23/h1-9,15H,10-14H2,(H,27,32). The number of hydrogen-bond donors (Lipinski definition) is 1. The van der Waals surface area contributed by atoms with E-state index in [2.05, 4.69) is 20.2 Å². The van der Waals surface area contributed by atoms with E-state index in [1.54, 1.807) is 42.7 Å². The number of anilines is 2. The molecule has 1 aromatic heterocycles. The fourth-order valence-corrected chi connectivity index (χ4v) is 3.86. The average Bonchev–Trinajstić information content (AvgIpc) is 2.85. The van der Waals surface area contributed by atoms with Gasteiger partial charge >= 0.3 is 0 Å². The van der Waals surface area contributed by atoms with E-state index >= 15 is 0 Å². The van der Waals surface area contributed by atoms with E-state index in [4.69, 9.17) is 11.6 Å². The summed E-state index contributed by atoms with van der Waals surface area (Å²) >= 11 is 6.02. The van der Waals surface area contributed by atoms with Gasteiger partial charge in [0.2, 0.25) is 11.9 Å². The molecule has 1 saturated heterocycles. The second-order valence-corrected chi connectivity index (χ2v) is 8.07. The van der Waals surface area contributed by atoms with Crippen LogP contribution in [0.1, 0.15) is 15.9 Å². The number of nitro groups is 1. The Hall–Kier alpha value is -4.05. The lowest BCUT2D eigenvalue weighted by molar-refractivity contribution is -0.384. The van der Waals surface area contributed by atoms with Crippen molar-refractivity contribution in [3.63, 3.8) is 0 Å². The van der Waals surface area contributed by atoms with Crippen molar-refractivity contribution in [2.24, 2.45) is 0 Å². The maximum Gasteiger partial charge on any atom is 0.270 e. The topological polar surface area (TPSA) is 122 Å². The third-order valence-electron chi connectivity index (χ3n) is 5.44. The molecule has 0 bridgehead atoms. The van der Waals surface area contributed by atoms with Crippen LogP contribution < -0.4 is 10.2 Å². The van der Waals surface area contributed by atoms with Crippen molar-refractivity contribution >= 4 is 40.7 Å². The Morgan fingerprint density at radius 3 is 2.32 bits per heavy atom. The molecule has 4 rings (SSSR count). The second-order valence-electron chi connectivity index (χ2n) is 7.67. The molecular formula is C23H21ClN6O4. The van der Waals surface area contributed by atoms with Crippen LogP contribution in [0.5, 0.6) is 0 Å². The molecule has 1 N–H and O–H groups in total. The van der Waals surface area contributed by atoms with Gasteiger partial charge in [0.15, 0.2) is 0 Å². The zero-order valence-electron chi connectivity index (χ0n) is 18.1.